The summed E-state index contributed by atoms with van der Waals surface area (Å²) < 4.78 is 0. The molecule has 2 aliphatic rings. The lowest BCUT2D eigenvalue weighted by molar-refractivity contribution is 0.211. The second kappa shape index (κ2) is 2.24. The molecule has 0 amide bonds. The van der Waals surface area contributed by atoms with E-state index in [0.717, 1.165) is 35.5 Å². The van der Waals surface area contributed by atoms with E-state index in [1.165, 1.54) is 0 Å². The van der Waals surface area contributed by atoms with Crippen LogP contribution in [0.15, 0.2) is 0 Å². The number of hydrogen-bond donors (Lipinski definition) is 0. The Balaban J connectivity index is 1.90. The Hall–Kier alpha value is 0. The first kappa shape index (κ1) is 7.64. The highest BCUT2D eigenvalue weighted by Gasteiger charge is 2.63. The van der Waals surface area contributed by atoms with E-state index in [1.54, 1.807) is 6.42 Å². The molecular formula is C11H20. The lowest BCUT2D eigenvalue weighted by Crippen LogP contribution is -2.21. The summed E-state index contributed by atoms with van der Waals surface area (Å²) in [5.74, 6) is 6.40. The Labute approximate surface area is 70.4 Å². The first-order valence-electron chi connectivity index (χ1n) is 5.13. The quantitative estimate of drug-likeness (QED) is 0.570. The van der Waals surface area contributed by atoms with Crippen molar-refractivity contribution < 1.29 is 0 Å². The van der Waals surface area contributed by atoms with Gasteiger partial charge in [0, 0.05) is 0 Å². The van der Waals surface area contributed by atoms with E-state index >= 15 is 0 Å². The zero-order chi connectivity index (χ0) is 8.17. The molecule has 0 aliphatic heterocycles. The molecule has 64 valence electrons. The van der Waals surface area contributed by atoms with Crippen LogP contribution >= 0.6 is 0 Å². The summed E-state index contributed by atoms with van der Waals surface area (Å²) >= 11 is 0. The minimum Gasteiger partial charge on any atom is -0.0625 e. The van der Waals surface area contributed by atoms with Gasteiger partial charge in [-0.05, 0) is 41.9 Å². The van der Waals surface area contributed by atoms with Crippen LogP contribution in [0.5, 0.6) is 0 Å². The van der Waals surface area contributed by atoms with Crippen molar-refractivity contribution in [3.05, 3.63) is 0 Å². The van der Waals surface area contributed by atoms with E-state index in [-0.39, 0.29) is 0 Å². The third-order valence-electron chi connectivity index (χ3n) is 3.96. The molecular weight excluding hydrogens is 132 g/mol. The monoisotopic (exact) mass is 152 g/mol. The van der Waals surface area contributed by atoms with Gasteiger partial charge in [0.15, 0.2) is 0 Å². The fourth-order valence-corrected chi connectivity index (χ4v) is 3.28. The van der Waals surface area contributed by atoms with Gasteiger partial charge >= 0.3 is 0 Å². The van der Waals surface area contributed by atoms with Crippen LogP contribution in [0, 0.1) is 35.5 Å². The van der Waals surface area contributed by atoms with Gasteiger partial charge in [-0.3, -0.25) is 0 Å². The van der Waals surface area contributed by atoms with Crippen LogP contribution in [-0.4, -0.2) is 0 Å². The first-order chi connectivity index (χ1) is 5.13. The summed E-state index contributed by atoms with van der Waals surface area (Å²) in [6.45, 7) is 9.55. The Morgan fingerprint density at radius 2 is 1.64 bits per heavy atom. The summed E-state index contributed by atoms with van der Waals surface area (Å²) in [4.78, 5) is 0. The molecule has 4 atom stereocenters. The van der Waals surface area contributed by atoms with E-state index in [1.807, 2.05) is 0 Å². The highest BCUT2D eigenvalue weighted by Crippen LogP contribution is 2.68. The van der Waals surface area contributed by atoms with Crippen molar-refractivity contribution in [2.45, 2.75) is 34.1 Å². The molecule has 0 aromatic heterocycles. The molecule has 2 saturated carbocycles. The van der Waals surface area contributed by atoms with E-state index < -0.39 is 0 Å². The van der Waals surface area contributed by atoms with Crippen molar-refractivity contribution >= 4 is 0 Å². The Morgan fingerprint density at radius 3 is 1.91 bits per heavy atom. The van der Waals surface area contributed by atoms with Crippen LogP contribution in [0.25, 0.3) is 0 Å². The maximum atomic E-state index is 2.39. The molecule has 0 N–H and O–H groups in total. The second-order valence-electron chi connectivity index (χ2n) is 5.21. The van der Waals surface area contributed by atoms with Gasteiger partial charge in [-0.25, -0.2) is 0 Å². The van der Waals surface area contributed by atoms with Crippen LogP contribution in [-0.2, 0) is 0 Å². The molecule has 2 fully saturated rings. The molecule has 0 aromatic rings. The average molecular weight is 152 g/mol. The third-order valence-corrected chi connectivity index (χ3v) is 3.96. The van der Waals surface area contributed by atoms with Gasteiger partial charge < -0.3 is 0 Å². The molecule has 0 spiro atoms. The molecule has 0 aromatic carbocycles. The van der Waals surface area contributed by atoms with Crippen molar-refractivity contribution in [3.63, 3.8) is 0 Å². The second-order valence-corrected chi connectivity index (χ2v) is 5.21. The summed E-state index contributed by atoms with van der Waals surface area (Å²) in [6, 6.07) is 0. The van der Waals surface area contributed by atoms with Crippen molar-refractivity contribution in [2.24, 2.45) is 35.5 Å². The first-order valence-corrected chi connectivity index (χ1v) is 5.13. The van der Waals surface area contributed by atoms with Gasteiger partial charge in [0.1, 0.15) is 0 Å². The Kier molecular flexibility index (Phi) is 1.56. The van der Waals surface area contributed by atoms with Gasteiger partial charge in [-0.15, -0.1) is 0 Å². The van der Waals surface area contributed by atoms with Crippen LogP contribution < -0.4 is 0 Å². The highest BCUT2D eigenvalue weighted by atomic mass is 14.7. The van der Waals surface area contributed by atoms with Gasteiger partial charge in [0.2, 0.25) is 0 Å². The SMILES string of the molecule is CC(C)C1CC2C(C(C)C)C12. The van der Waals surface area contributed by atoms with Crippen LogP contribution in [0.1, 0.15) is 34.1 Å². The molecule has 2 rings (SSSR count). The molecule has 0 nitrogen and oxygen atoms in total. The third kappa shape index (κ3) is 0.947. The molecule has 2 aliphatic carbocycles. The fraction of sp³-hybridized carbons (Fsp3) is 1.00. The Bertz CT molecular complexity index is 147. The van der Waals surface area contributed by atoms with Gasteiger partial charge in [-0.2, -0.15) is 0 Å². The average Bonchev–Trinajstić information content (AvgIpc) is 2.34. The van der Waals surface area contributed by atoms with Gasteiger partial charge in [0.05, 0.1) is 0 Å². The molecule has 4 unspecified atom stereocenters. The smallest absolute Gasteiger partial charge is 0.0318 e. The van der Waals surface area contributed by atoms with Crippen molar-refractivity contribution in [1.29, 1.82) is 0 Å². The topological polar surface area (TPSA) is 0 Å². The predicted molar refractivity (Wildman–Crippen MR) is 48.3 cm³/mol. The number of rotatable bonds is 2. The zero-order valence-electron chi connectivity index (χ0n) is 8.17. The summed E-state index contributed by atoms with van der Waals surface area (Å²) in [5.41, 5.74) is 0. The minimum absolute atomic E-state index is 0.944. The summed E-state index contributed by atoms with van der Waals surface area (Å²) in [5, 5.41) is 0. The number of fused-ring (bicyclic) bond motifs is 1. The van der Waals surface area contributed by atoms with Crippen LogP contribution in [0.3, 0.4) is 0 Å². The zero-order valence-corrected chi connectivity index (χ0v) is 8.17. The molecule has 11 heavy (non-hydrogen) atoms. The van der Waals surface area contributed by atoms with Crippen molar-refractivity contribution in [1.82, 2.24) is 0 Å². The lowest BCUT2D eigenvalue weighted by atomic mass is 9.77. The van der Waals surface area contributed by atoms with E-state index in [2.05, 4.69) is 27.7 Å². The predicted octanol–water partition coefficient (Wildman–Crippen LogP) is 3.18. The summed E-state index contributed by atoms with van der Waals surface area (Å²) in [6.07, 6.45) is 1.55. The highest BCUT2D eigenvalue weighted by molar-refractivity contribution is 5.11. The van der Waals surface area contributed by atoms with Crippen LogP contribution in [0.4, 0.5) is 0 Å². The van der Waals surface area contributed by atoms with E-state index in [9.17, 15) is 0 Å². The molecule has 0 saturated heterocycles. The largest absolute Gasteiger partial charge is 0.0625 e. The molecule has 0 heteroatoms. The van der Waals surface area contributed by atoms with Gasteiger partial charge in [0.25, 0.3) is 0 Å². The summed E-state index contributed by atoms with van der Waals surface area (Å²) in [7, 11) is 0. The van der Waals surface area contributed by atoms with E-state index in [4.69, 9.17) is 0 Å². The normalized spacial score (nSPS) is 47.5. The van der Waals surface area contributed by atoms with Crippen LogP contribution in [0.2, 0.25) is 0 Å². The maximum absolute atomic E-state index is 2.39. The van der Waals surface area contributed by atoms with E-state index in [0.29, 0.717) is 0 Å². The Morgan fingerprint density at radius 1 is 1.00 bits per heavy atom. The molecule has 0 heterocycles. The standard InChI is InChI=1S/C11H20/c1-6(2)8-5-9-10(7(3)4)11(8)9/h6-11H,5H2,1-4H3. The number of hydrogen-bond acceptors (Lipinski definition) is 0. The maximum Gasteiger partial charge on any atom is -0.0318 e. The fourth-order valence-electron chi connectivity index (χ4n) is 3.28. The van der Waals surface area contributed by atoms with Crippen molar-refractivity contribution in [3.8, 4) is 0 Å². The molecule has 0 bridgehead atoms. The molecule has 0 radical (unpaired) electrons. The van der Waals surface area contributed by atoms with Crippen molar-refractivity contribution in [2.75, 3.05) is 0 Å². The minimum atomic E-state index is 0.944. The van der Waals surface area contributed by atoms with Gasteiger partial charge in [-0.1, -0.05) is 27.7 Å². The lowest BCUT2D eigenvalue weighted by Gasteiger charge is -2.28.